The van der Waals surface area contributed by atoms with Gasteiger partial charge in [0.1, 0.15) is 23.6 Å². The van der Waals surface area contributed by atoms with E-state index in [1.807, 2.05) is 0 Å². The van der Waals surface area contributed by atoms with Crippen molar-refractivity contribution < 1.29 is 28.2 Å². The topological polar surface area (TPSA) is 153 Å². The van der Waals surface area contributed by atoms with E-state index in [1.54, 1.807) is 17.2 Å². The molecule has 12 nitrogen and oxygen atoms in total. The third-order valence-electron chi connectivity index (χ3n) is 6.28. The third-order valence-corrected chi connectivity index (χ3v) is 6.51. The number of amides is 2. The summed E-state index contributed by atoms with van der Waals surface area (Å²) in [4.78, 5) is 32.1. The standard InChI is InChI=1S/C24H23ClF2N8O4/c25-13-4-5-17(39-24(26)27)15(9-13)20-16(10-33(31-20)11-18(37)34-7-1-3-14(34)12-36)30-23(38)19-21(28)32-35-8-2-6-29-22(19)35/h2,4-6,8-10,14,24,36H,1,3,7,11-12H2,(H2,28,32)(H,30,38)/t14-/m0/s1. The van der Waals surface area contributed by atoms with Gasteiger partial charge in [0.05, 0.1) is 18.3 Å². The maximum atomic E-state index is 13.3. The molecule has 204 valence electrons. The van der Waals surface area contributed by atoms with Crippen LogP contribution >= 0.6 is 11.6 Å². The number of nitrogens with zero attached hydrogens (tertiary/aromatic N) is 6. The second-order valence-electron chi connectivity index (χ2n) is 8.78. The van der Waals surface area contributed by atoms with E-state index in [-0.39, 0.29) is 69.8 Å². The number of halogens is 3. The number of aliphatic hydroxyl groups is 1. The molecule has 1 atom stereocenters. The molecule has 2 amide bonds. The molecule has 4 aromatic rings. The first kappa shape index (κ1) is 26.3. The van der Waals surface area contributed by atoms with Crippen LogP contribution in [0.1, 0.15) is 23.2 Å². The minimum Gasteiger partial charge on any atom is -0.434 e. The Hall–Kier alpha value is -4.30. The Morgan fingerprint density at radius 3 is 2.90 bits per heavy atom. The van der Waals surface area contributed by atoms with E-state index in [2.05, 4.69) is 25.2 Å². The number of alkyl halides is 2. The SMILES string of the molecule is Nc1nn2cccnc2c1C(=O)Nc1cn(CC(=O)N2CCC[C@H]2CO)nc1-c1cc(Cl)ccc1OC(F)F. The quantitative estimate of drug-likeness (QED) is 0.297. The summed E-state index contributed by atoms with van der Waals surface area (Å²) >= 11 is 6.15. The normalized spacial score (nSPS) is 15.3. The molecule has 0 radical (unpaired) electrons. The highest BCUT2D eigenvalue weighted by atomic mass is 35.5. The van der Waals surface area contributed by atoms with Crippen LogP contribution in [0.2, 0.25) is 5.02 Å². The summed E-state index contributed by atoms with van der Waals surface area (Å²) in [7, 11) is 0. The molecule has 4 heterocycles. The van der Waals surface area contributed by atoms with Crippen LogP contribution < -0.4 is 15.8 Å². The molecule has 3 aromatic heterocycles. The first-order valence-electron chi connectivity index (χ1n) is 11.9. The smallest absolute Gasteiger partial charge is 0.387 e. The number of carbonyl (C=O) groups excluding carboxylic acids is 2. The number of nitrogens with one attached hydrogen (secondary N) is 1. The van der Waals surface area contributed by atoms with Gasteiger partial charge in [0.15, 0.2) is 11.5 Å². The molecule has 0 spiro atoms. The van der Waals surface area contributed by atoms with Crippen molar-refractivity contribution in [2.24, 2.45) is 0 Å². The Morgan fingerprint density at radius 2 is 2.13 bits per heavy atom. The summed E-state index contributed by atoms with van der Waals surface area (Å²) < 4.78 is 33.6. The zero-order valence-electron chi connectivity index (χ0n) is 20.3. The van der Waals surface area contributed by atoms with Crippen molar-refractivity contribution in [1.82, 2.24) is 29.3 Å². The Balaban J connectivity index is 1.54. The number of anilines is 2. The van der Waals surface area contributed by atoms with Crippen molar-refractivity contribution in [2.45, 2.75) is 32.0 Å². The fourth-order valence-corrected chi connectivity index (χ4v) is 4.74. The lowest BCUT2D eigenvalue weighted by Crippen LogP contribution is -2.39. The van der Waals surface area contributed by atoms with Crippen LogP contribution in [-0.2, 0) is 11.3 Å². The predicted molar refractivity (Wildman–Crippen MR) is 136 cm³/mol. The van der Waals surface area contributed by atoms with Crippen molar-refractivity contribution in [3.8, 4) is 17.0 Å². The Labute approximate surface area is 224 Å². The summed E-state index contributed by atoms with van der Waals surface area (Å²) in [5, 5.41) is 21.0. The van der Waals surface area contributed by atoms with Crippen LogP contribution in [0.3, 0.4) is 0 Å². The zero-order chi connectivity index (χ0) is 27.7. The first-order valence-corrected chi connectivity index (χ1v) is 12.3. The fraction of sp³-hybridized carbons (Fsp3) is 0.292. The molecule has 0 aliphatic carbocycles. The Morgan fingerprint density at radius 1 is 1.31 bits per heavy atom. The molecular formula is C24H23ClF2N8O4. The fourth-order valence-electron chi connectivity index (χ4n) is 4.57. The number of ether oxygens (including phenoxy) is 1. The van der Waals surface area contributed by atoms with Gasteiger partial charge >= 0.3 is 6.61 Å². The summed E-state index contributed by atoms with van der Waals surface area (Å²) in [5.74, 6) is -1.31. The molecule has 5 rings (SSSR count). The lowest BCUT2D eigenvalue weighted by Gasteiger charge is -2.22. The van der Waals surface area contributed by atoms with Crippen LogP contribution in [0.5, 0.6) is 5.75 Å². The summed E-state index contributed by atoms with van der Waals surface area (Å²) in [6, 6.07) is 5.30. The molecule has 1 fully saturated rings. The number of aromatic nitrogens is 5. The molecule has 1 saturated heterocycles. The summed E-state index contributed by atoms with van der Waals surface area (Å²) in [6.45, 7) is -3.04. The number of likely N-dealkylation sites (tertiary alicyclic amines) is 1. The molecule has 1 aliphatic rings. The number of nitrogen functional groups attached to an aromatic ring is 1. The molecule has 0 unspecified atom stereocenters. The number of nitrogens with two attached hydrogens (primary N) is 1. The van der Waals surface area contributed by atoms with Gasteiger partial charge in [-0.2, -0.15) is 13.9 Å². The number of carbonyl (C=O) groups is 2. The van der Waals surface area contributed by atoms with E-state index in [9.17, 15) is 23.5 Å². The van der Waals surface area contributed by atoms with Gasteiger partial charge in [-0.25, -0.2) is 9.50 Å². The second-order valence-corrected chi connectivity index (χ2v) is 9.21. The van der Waals surface area contributed by atoms with Crippen LogP contribution in [0.25, 0.3) is 16.9 Å². The van der Waals surface area contributed by atoms with E-state index in [1.165, 1.54) is 39.8 Å². The van der Waals surface area contributed by atoms with Crippen LogP contribution in [0, 0.1) is 0 Å². The molecule has 1 aromatic carbocycles. The molecular weight excluding hydrogens is 538 g/mol. The zero-order valence-corrected chi connectivity index (χ0v) is 21.1. The van der Waals surface area contributed by atoms with Crippen molar-refractivity contribution in [3.05, 3.63) is 53.4 Å². The summed E-state index contributed by atoms with van der Waals surface area (Å²) in [5.41, 5.74) is 6.32. The van der Waals surface area contributed by atoms with E-state index in [0.29, 0.717) is 13.0 Å². The van der Waals surface area contributed by atoms with Gasteiger partial charge in [0.2, 0.25) is 5.91 Å². The second kappa shape index (κ2) is 10.8. The van der Waals surface area contributed by atoms with Gasteiger partial charge in [0, 0.05) is 35.7 Å². The predicted octanol–water partition coefficient (Wildman–Crippen LogP) is 2.67. The highest BCUT2D eigenvalue weighted by Crippen LogP contribution is 2.37. The van der Waals surface area contributed by atoms with E-state index < -0.39 is 12.5 Å². The Bertz CT molecular complexity index is 1540. The molecule has 1 aliphatic heterocycles. The monoisotopic (exact) mass is 560 g/mol. The van der Waals surface area contributed by atoms with E-state index in [4.69, 9.17) is 17.3 Å². The summed E-state index contributed by atoms with van der Waals surface area (Å²) in [6.07, 6.45) is 5.87. The molecule has 0 saturated carbocycles. The average Bonchev–Trinajstić information content (AvgIpc) is 3.61. The molecule has 0 bridgehead atoms. The molecule has 39 heavy (non-hydrogen) atoms. The third kappa shape index (κ3) is 5.33. The number of rotatable bonds is 8. The van der Waals surface area contributed by atoms with Crippen LogP contribution in [0.15, 0.2) is 42.9 Å². The average molecular weight is 561 g/mol. The molecule has 15 heteroatoms. The largest absolute Gasteiger partial charge is 0.434 e. The van der Waals surface area contributed by atoms with Gasteiger partial charge in [-0.15, -0.1) is 5.10 Å². The van der Waals surface area contributed by atoms with Gasteiger partial charge < -0.3 is 25.8 Å². The first-order chi connectivity index (χ1) is 18.7. The number of hydrogen-bond donors (Lipinski definition) is 3. The van der Waals surface area contributed by atoms with Gasteiger partial charge in [-0.05, 0) is 37.1 Å². The van der Waals surface area contributed by atoms with Gasteiger partial charge in [-0.1, -0.05) is 11.6 Å². The van der Waals surface area contributed by atoms with E-state index in [0.717, 1.165) is 6.42 Å². The maximum absolute atomic E-state index is 13.3. The lowest BCUT2D eigenvalue weighted by molar-refractivity contribution is -0.133. The highest BCUT2D eigenvalue weighted by Gasteiger charge is 2.29. The number of hydrogen-bond acceptors (Lipinski definition) is 8. The Kier molecular flexibility index (Phi) is 7.30. The minimum atomic E-state index is -3.14. The number of aliphatic hydroxyl groups excluding tert-OH is 1. The number of fused-ring (bicyclic) bond motifs is 1. The maximum Gasteiger partial charge on any atom is 0.387 e. The van der Waals surface area contributed by atoms with E-state index >= 15 is 0 Å². The lowest BCUT2D eigenvalue weighted by atomic mass is 10.1. The van der Waals surface area contributed by atoms with Gasteiger partial charge in [0.25, 0.3) is 5.91 Å². The van der Waals surface area contributed by atoms with Crippen LogP contribution in [-0.4, -0.2) is 72.0 Å². The van der Waals surface area contributed by atoms with Crippen molar-refractivity contribution in [1.29, 1.82) is 0 Å². The van der Waals surface area contributed by atoms with Crippen molar-refractivity contribution >= 4 is 40.6 Å². The van der Waals surface area contributed by atoms with Crippen LogP contribution in [0.4, 0.5) is 20.3 Å². The molecule has 4 N–H and O–H groups in total. The van der Waals surface area contributed by atoms with Crippen molar-refractivity contribution in [3.63, 3.8) is 0 Å². The van der Waals surface area contributed by atoms with Crippen molar-refractivity contribution in [2.75, 3.05) is 24.2 Å². The number of benzene rings is 1. The minimum absolute atomic E-state index is 0.0108. The van der Waals surface area contributed by atoms with Gasteiger partial charge in [-0.3, -0.25) is 14.3 Å². The highest BCUT2D eigenvalue weighted by molar-refractivity contribution is 6.31.